The first-order valence-electron chi connectivity index (χ1n) is 9.56. The van der Waals surface area contributed by atoms with Crippen molar-refractivity contribution in [2.45, 2.75) is 23.9 Å². The maximum absolute atomic E-state index is 14.6. The zero-order valence-corrected chi connectivity index (χ0v) is 18.4. The van der Waals surface area contributed by atoms with E-state index in [4.69, 9.17) is 11.6 Å². The monoisotopic (exact) mass is 496 g/mol. The smallest absolute Gasteiger partial charge is 0.366 e. The largest absolute Gasteiger partial charge is 0.398 e. The van der Waals surface area contributed by atoms with Crippen LogP contribution in [-0.2, 0) is 10.7 Å². The third kappa shape index (κ3) is 5.64. The normalized spacial score (nSPS) is 15.2. The van der Waals surface area contributed by atoms with Crippen molar-refractivity contribution in [3.63, 3.8) is 0 Å². The predicted octanol–water partition coefficient (Wildman–Crippen LogP) is 5.88. The summed E-state index contributed by atoms with van der Waals surface area (Å²) in [5, 5.41) is 0.263. The second kappa shape index (κ2) is 9.43. The fourth-order valence-corrected chi connectivity index (χ4v) is 4.26. The number of rotatable bonds is 5. The van der Waals surface area contributed by atoms with Gasteiger partial charge in [0.1, 0.15) is 5.82 Å². The Kier molecular flexibility index (Phi) is 7.24. The molecule has 1 aliphatic heterocycles. The number of hydrogen-bond donors (Lipinski definition) is 0. The lowest BCUT2D eigenvalue weighted by Gasteiger charge is -2.37. The van der Waals surface area contributed by atoms with Gasteiger partial charge in [-0.05, 0) is 36.8 Å². The Balaban J connectivity index is 1.70. The highest BCUT2D eigenvalue weighted by Crippen LogP contribution is 2.35. The molecule has 2 aromatic rings. The van der Waals surface area contributed by atoms with Gasteiger partial charge < -0.3 is 9.80 Å². The molecular formula is C21H19ClF6N2OS. The number of piperazine rings is 1. The summed E-state index contributed by atoms with van der Waals surface area (Å²) in [6.07, 6.45) is -4.37. The van der Waals surface area contributed by atoms with Gasteiger partial charge in [-0.15, -0.1) is 11.8 Å². The van der Waals surface area contributed by atoms with Crippen LogP contribution >= 0.6 is 23.4 Å². The van der Waals surface area contributed by atoms with Gasteiger partial charge in [0.05, 0.1) is 11.4 Å². The summed E-state index contributed by atoms with van der Waals surface area (Å²) in [7, 11) is 0. The molecule has 2 aromatic carbocycles. The first-order valence-corrected chi connectivity index (χ1v) is 10.9. The minimum Gasteiger partial charge on any atom is -0.366 e. The zero-order valence-electron chi connectivity index (χ0n) is 16.9. The van der Waals surface area contributed by atoms with Crippen LogP contribution in [0.2, 0.25) is 5.02 Å². The van der Waals surface area contributed by atoms with Crippen LogP contribution in [0.25, 0.3) is 0 Å². The van der Waals surface area contributed by atoms with E-state index in [9.17, 15) is 31.1 Å². The van der Waals surface area contributed by atoms with E-state index in [1.165, 1.54) is 30.0 Å². The van der Waals surface area contributed by atoms with Gasteiger partial charge in [-0.3, -0.25) is 4.79 Å². The highest BCUT2D eigenvalue weighted by atomic mass is 35.5. The van der Waals surface area contributed by atoms with Crippen molar-refractivity contribution in [3.8, 4) is 0 Å². The van der Waals surface area contributed by atoms with Crippen molar-refractivity contribution in [2.24, 2.45) is 0 Å². The number of thioether (sulfide) groups is 1. The third-order valence-corrected chi connectivity index (χ3v) is 6.49. The Morgan fingerprint density at radius 2 is 1.62 bits per heavy atom. The Labute approximate surface area is 190 Å². The van der Waals surface area contributed by atoms with E-state index in [1.807, 2.05) is 0 Å². The van der Waals surface area contributed by atoms with Gasteiger partial charge in [0.2, 0.25) is 0 Å². The van der Waals surface area contributed by atoms with Gasteiger partial charge in [-0.2, -0.15) is 22.0 Å². The zero-order chi connectivity index (χ0) is 23.7. The molecule has 3 nitrogen and oxygen atoms in total. The summed E-state index contributed by atoms with van der Waals surface area (Å²) in [6.45, 7) is 1.47. The molecule has 0 spiro atoms. The average molecular weight is 497 g/mol. The molecule has 0 bridgehead atoms. The maximum Gasteiger partial charge on any atom is 0.398 e. The minimum atomic E-state index is -4.37. The number of benzene rings is 2. The van der Waals surface area contributed by atoms with E-state index in [0.29, 0.717) is 17.3 Å². The maximum atomic E-state index is 14.6. The molecule has 11 heteroatoms. The molecule has 3 rings (SSSR count). The Morgan fingerprint density at radius 3 is 2.19 bits per heavy atom. The van der Waals surface area contributed by atoms with Crippen molar-refractivity contribution >= 4 is 35.0 Å². The molecule has 32 heavy (non-hydrogen) atoms. The number of amides is 1. The van der Waals surface area contributed by atoms with Crippen molar-refractivity contribution in [2.75, 3.05) is 36.8 Å². The number of halogens is 7. The first-order chi connectivity index (χ1) is 14.9. The number of hydrogen-bond acceptors (Lipinski definition) is 3. The lowest BCUT2D eigenvalue weighted by Crippen LogP contribution is -2.52. The summed E-state index contributed by atoms with van der Waals surface area (Å²) in [6, 6.07) is 7.19. The number of carbonyl (C=O) groups excluding carboxylic acids is 1. The second-order valence-corrected chi connectivity index (χ2v) is 8.79. The van der Waals surface area contributed by atoms with E-state index in [0.717, 1.165) is 23.1 Å². The topological polar surface area (TPSA) is 23.6 Å². The molecule has 1 amide bonds. The van der Waals surface area contributed by atoms with Crippen LogP contribution in [-0.4, -0.2) is 48.9 Å². The van der Waals surface area contributed by atoms with Crippen LogP contribution in [0.15, 0.2) is 41.3 Å². The van der Waals surface area contributed by atoms with Crippen molar-refractivity contribution in [1.29, 1.82) is 0 Å². The van der Waals surface area contributed by atoms with E-state index in [2.05, 4.69) is 0 Å². The molecule has 0 radical (unpaired) electrons. The highest BCUT2D eigenvalue weighted by Gasteiger charge is 2.44. The Hall–Kier alpha value is -2.07. The number of alkyl halides is 5. The number of aryl methyl sites for hydroxylation is 1. The second-order valence-electron chi connectivity index (χ2n) is 7.33. The van der Waals surface area contributed by atoms with Gasteiger partial charge >= 0.3 is 12.1 Å². The standard InChI is InChI=1S/C21H19ClF6N2OS/c1-13-10-16(23)17(11-18(13)32-12-20(24,25)26)29-6-8-30(9-7-29)19(31)21(27,28)14-2-4-15(22)5-3-14/h2-5,10-11H,6-9,12H2,1H3. The van der Waals surface area contributed by atoms with Crippen LogP contribution in [0.3, 0.4) is 0 Å². The molecule has 0 aromatic heterocycles. The van der Waals surface area contributed by atoms with Gasteiger partial charge in [0, 0.05) is 41.7 Å². The van der Waals surface area contributed by atoms with Crippen LogP contribution in [0.4, 0.5) is 32.0 Å². The number of carbonyl (C=O) groups is 1. The molecule has 0 N–H and O–H groups in total. The Morgan fingerprint density at radius 1 is 1.03 bits per heavy atom. The third-order valence-electron chi connectivity index (χ3n) is 5.02. The SMILES string of the molecule is Cc1cc(F)c(N2CCN(C(=O)C(F)(F)c3ccc(Cl)cc3)CC2)cc1SCC(F)(F)F. The van der Waals surface area contributed by atoms with Crippen molar-refractivity contribution < 1.29 is 31.1 Å². The molecule has 1 aliphatic rings. The van der Waals surface area contributed by atoms with E-state index < -0.39 is 35.1 Å². The lowest BCUT2D eigenvalue weighted by molar-refractivity contribution is -0.159. The molecule has 0 atom stereocenters. The number of nitrogens with zero attached hydrogens (tertiary/aromatic N) is 2. The molecule has 0 saturated carbocycles. The average Bonchev–Trinajstić information content (AvgIpc) is 2.72. The van der Waals surface area contributed by atoms with Crippen LogP contribution in [0.5, 0.6) is 0 Å². The summed E-state index contributed by atoms with van der Waals surface area (Å²) < 4.78 is 81.4. The van der Waals surface area contributed by atoms with E-state index in [1.54, 1.807) is 0 Å². The summed E-state index contributed by atoms with van der Waals surface area (Å²) in [5.74, 6) is -6.85. The molecular weight excluding hydrogens is 478 g/mol. The van der Waals surface area contributed by atoms with Crippen molar-refractivity contribution in [1.82, 2.24) is 4.90 Å². The molecule has 1 heterocycles. The summed E-state index contributed by atoms with van der Waals surface area (Å²) in [5.41, 5.74) is -0.0287. The van der Waals surface area contributed by atoms with Gasteiger partial charge in [-0.25, -0.2) is 4.39 Å². The van der Waals surface area contributed by atoms with Crippen LogP contribution in [0, 0.1) is 12.7 Å². The minimum absolute atomic E-state index is 0.0613. The molecule has 1 saturated heterocycles. The molecule has 0 unspecified atom stereocenters. The Bertz CT molecular complexity index is 975. The highest BCUT2D eigenvalue weighted by molar-refractivity contribution is 7.99. The van der Waals surface area contributed by atoms with Gasteiger partial charge in [-0.1, -0.05) is 23.7 Å². The lowest BCUT2D eigenvalue weighted by atomic mass is 10.1. The predicted molar refractivity (Wildman–Crippen MR) is 112 cm³/mol. The molecule has 174 valence electrons. The molecule has 1 fully saturated rings. The summed E-state index contributed by atoms with van der Waals surface area (Å²) >= 11 is 6.26. The van der Waals surface area contributed by atoms with Crippen molar-refractivity contribution in [3.05, 3.63) is 58.4 Å². The summed E-state index contributed by atoms with van der Waals surface area (Å²) in [4.78, 5) is 15.3. The van der Waals surface area contributed by atoms with Crippen LogP contribution in [0.1, 0.15) is 11.1 Å². The van der Waals surface area contributed by atoms with E-state index >= 15 is 0 Å². The number of anilines is 1. The van der Waals surface area contributed by atoms with Gasteiger partial charge in [0.25, 0.3) is 5.91 Å². The quantitative estimate of drug-likeness (QED) is 0.381. The van der Waals surface area contributed by atoms with Crippen LogP contribution < -0.4 is 4.90 Å². The van der Waals surface area contributed by atoms with E-state index in [-0.39, 0.29) is 41.8 Å². The van der Waals surface area contributed by atoms with Gasteiger partial charge in [0.15, 0.2) is 0 Å². The fourth-order valence-electron chi connectivity index (χ4n) is 3.33. The first kappa shape index (κ1) is 24.6. The fraction of sp³-hybridized carbons (Fsp3) is 0.381. The molecule has 0 aliphatic carbocycles.